The Bertz CT molecular complexity index is 1180. The number of anilines is 1. The first kappa shape index (κ1) is 22.1. The van der Waals surface area contributed by atoms with Crippen LogP contribution in [-0.4, -0.2) is 26.6 Å². The number of carbonyl (C=O) groups excluding carboxylic acids is 1. The molecule has 0 bridgehead atoms. The zero-order chi connectivity index (χ0) is 22.4. The van der Waals surface area contributed by atoms with Crippen LogP contribution in [0.2, 0.25) is 0 Å². The molecule has 0 saturated heterocycles. The van der Waals surface area contributed by atoms with Gasteiger partial charge in [-0.25, -0.2) is 13.8 Å². The highest BCUT2D eigenvalue weighted by molar-refractivity contribution is 7.92. The Balaban J connectivity index is 1.64. The van der Waals surface area contributed by atoms with Gasteiger partial charge in [0.1, 0.15) is 23.0 Å². The van der Waals surface area contributed by atoms with Crippen LogP contribution >= 0.6 is 0 Å². The summed E-state index contributed by atoms with van der Waals surface area (Å²) < 4.78 is 38.3. The highest BCUT2D eigenvalue weighted by Crippen LogP contribution is 2.20. The Kier molecular flexibility index (Phi) is 6.76. The summed E-state index contributed by atoms with van der Waals surface area (Å²) in [5.41, 5.74) is 3.64. The third-order valence-electron chi connectivity index (χ3n) is 4.27. The Hall–Kier alpha value is -3.59. The van der Waals surface area contributed by atoms with Crippen LogP contribution in [0.4, 0.5) is 5.69 Å². The van der Waals surface area contributed by atoms with Gasteiger partial charge >= 0.3 is 0 Å². The first-order valence-corrected chi connectivity index (χ1v) is 11.0. The van der Waals surface area contributed by atoms with Gasteiger partial charge in [-0.05, 0) is 81.4 Å². The van der Waals surface area contributed by atoms with E-state index in [4.69, 9.17) is 9.15 Å². The molecule has 0 unspecified atom stereocenters. The molecule has 0 spiro atoms. The molecule has 2 N–H and O–H groups in total. The smallest absolute Gasteiger partial charge is 0.271 e. The third kappa shape index (κ3) is 5.73. The van der Waals surface area contributed by atoms with Gasteiger partial charge < -0.3 is 9.15 Å². The summed E-state index contributed by atoms with van der Waals surface area (Å²) in [4.78, 5) is 12.4. The Morgan fingerprint density at radius 3 is 2.29 bits per heavy atom. The fourth-order valence-electron chi connectivity index (χ4n) is 2.67. The zero-order valence-electron chi connectivity index (χ0n) is 17.4. The van der Waals surface area contributed by atoms with Crippen molar-refractivity contribution in [1.82, 2.24) is 5.43 Å². The zero-order valence-corrected chi connectivity index (χ0v) is 18.2. The van der Waals surface area contributed by atoms with Crippen LogP contribution in [0, 0.1) is 6.92 Å². The number of sulfonamides is 1. The largest absolute Gasteiger partial charge is 0.494 e. The summed E-state index contributed by atoms with van der Waals surface area (Å²) in [6.07, 6.45) is 0. The Morgan fingerprint density at radius 1 is 1.03 bits per heavy atom. The number of carbonyl (C=O) groups is 1. The number of furan rings is 1. The molecule has 31 heavy (non-hydrogen) atoms. The van der Waals surface area contributed by atoms with Gasteiger partial charge in [0.15, 0.2) is 0 Å². The number of nitrogens with one attached hydrogen (secondary N) is 2. The predicted molar refractivity (Wildman–Crippen MR) is 118 cm³/mol. The predicted octanol–water partition coefficient (Wildman–Crippen LogP) is 3.94. The Morgan fingerprint density at radius 2 is 1.71 bits per heavy atom. The number of nitrogens with zero attached hydrogens (tertiary/aromatic N) is 1. The molecule has 0 aliphatic heterocycles. The van der Waals surface area contributed by atoms with E-state index in [0.29, 0.717) is 35.1 Å². The van der Waals surface area contributed by atoms with E-state index in [1.54, 1.807) is 25.1 Å². The first-order valence-electron chi connectivity index (χ1n) is 9.55. The van der Waals surface area contributed by atoms with Gasteiger partial charge in [0.05, 0.1) is 11.5 Å². The summed E-state index contributed by atoms with van der Waals surface area (Å²) in [7, 11) is -3.77. The summed E-state index contributed by atoms with van der Waals surface area (Å²) >= 11 is 0. The van der Waals surface area contributed by atoms with E-state index in [0.717, 1.165) is 5.76 Å². The molecule has 1 amide bonds. The van der Waals surface area contributed by atoms with Gasteiger partial charge in [-0.15, -0.1) is 0 Å². The monoisotopic (exact) mass is 441 g/mol. The van der Waals surface area contributed by atoms with E-state index in [1.807, 2.05) is 19.9 Å². The minimum atomic E-state index is -3.77. The fraction of sp³-hybridized carbons (Fsp3) is 0.182. The third-order valence-corrected chi connectivity index (χ3v) is 5.66. The second-order valence-corrected chi connectivity index (χ2v) is 8.32. The lowest BCUT2D eigenvalue weighted by atomic mass is 10.2. The maximum absolute atomic E-state index is 12.5. The summed E-state index contributed by atoms with van der Waals surface area (Å²) in [6, 6.07) is 15.7. The molecule has 8 nitrogen and oxygen atoms in total. The molecular weight excluding hydrogens is 418 g/mol. The molecule has 3 aromatic rings. The quantitative estimate of drug-likeness (QED) is 0.406. The summed E-state index contributed by atoms with van der Waals surface area (Å²) in [5.74, 6) is 1.48. The lowest BCUT2D eigenvalue weighted by Crippen LogP contribution is -2.19. The van der Waals surface area contributed by atoms with E-state index in [9.17, 15) is 13.2 Å². The molecule has 0 aliphatic carbocycles. The van der Waals surface area contributed by atoms with Crippen LogP contribution in [0.15, 0.2) is 75.1 Å². The molecule has 0 saturated carbocycles. The van der Waals surface area contributed by atoms with E-state index >= 15 is 0 Å². The van der Waals surface area contributed by atoms with Crippen LogP contribution in [0.25, 0.3) is 0 Å². The van der Waals surface area contributed by atoms with Crippen LogP contribution in [-0.2, 0) is 10.0 Å². The van der Waals surface area contributed by atoms with Crippen molar-refractivity contribution in [2.24, 2.45) is 5.10 Å². The summed E-state index contributed by atoms with van der Waals surface area (Å²) in [6.45, 7) is 5.89. The van der Waals surface area contributed by atoms with Crippen molar-refractivity contribution in [3.8, 4) is 5.75 Å². The standard InChI is InChI=1S/C22H23N3O5S/c1-4-29-19-10-12-20(13-11-19)31(27,28)25-18-8-6-17(7-9-18)22(26)24-23-16(3)21-14-5-15(2)30-21/h5-14,25H,4H2,1-3H3,(H,24,26)/b23-16+. The van der Waals surface area contributed by atoms with Crippen molar-refractivity contribution in [1.29, 1.82) is 0 Å². The molecular formula is C22H23N3O5S. The molecule has 0 aliphatic rings. The van der Waals surface area contributed by atoms with Crippen LogP contribution in [0.5, 0.6) is 5.75 Å². The van der Waals surface area contributed by atoms with Crippen LogP contribution in [0.3, 0.4) is 0 Å². The number of hydrazone groups is 1. The van der Waals surface area contributed by atoms with E-state index in [2.05, 4.69) is 15.2 Å². The minimum Gasteiger partial charge on any atom is -0.494 e. The van der Waals surface area contributed by atoms with Crippen molar-refractivity contribution in [2.75, 3.05) is 11.3 Å². The fourth-order valence-corrected chi connectivity index (χ4v) is 3.73. The van der Waals surface area contributed by atoms with Crippen molar-refractivity contribution in [3.05, 3.63) is 77.7 Å². The molecule has 0 radical (unpaired) electrons. The molecule has 1 heterocycles. The second-order valence-electron chi connectivity index (χ2n) is 6.64. The topological polar surface area (TPSA) is 110 Å². The molecule has 0 fully saturated rings. The maximum atomic E-state index is 12.5. The average molecular weight is 442 g/mol. The van der Waals surface area contributed by atoms with E-state index in [-0.39, 0.29) is 4.90 Å². The highest BCUT2D eigenvalue weighted by atomic mass is 32.2. The van der Waals surface area contributed by atoms with Gasteiger partial charge in [0.25, 0.3) is 15.9 Å². The van der Waals surface area contributed by atoms with Crippen molar-refractivity contribution in [2.45, 2.75) is 25.7 Å². The molecule has 0 atom stereocenters. The molecule has 9 heteroatoms. The van der Waals surface area contributed by atoms with Gasteiger partial charge in [0, 0.05) is 11.3 Å². The number of hydrogen-bond donors (Lipinski definition) is 2. The molecule has 3 rings (SSSR count). The normalized spacial score (nSPS) is 11.8. The van der Waals surface area contributed by atoms with Crippen molar-refractivity contribution < 1.29 is 22.4 Å². The van der Waals surface area contributed by atoms with Gasteiger partial charge in [0.2, 0.25) is 0 Å². The van der Waals surface area contributed by atoms with Gasteiger partial charge in [-0.1, -0.05) is 0 Å². The van der Waals surface area contributed by atoms with Gasteiger partial charge in [-0.3, -0.25) is 9.52 Å². The first-order chi connectivity index (χ1) is 14.8. The number of amides is 1. The second kappa shape index (κ2) is 9.48. The molecule has 2 aromatic carbocycles. The molecule has 162 valence electrons. The maximum Gasteiger partial charge on any atom is 0.271 e. The van der Waals surface area contributed by atoms with Crippen LogP contribution < -0.4 is 14.9 Å². The lowest BCUT2D eigenvalue weighted by molar-refractivity contribution is 0.0955. The van der Waals surface area contributed by atoms with Crippen molar-refractivity contribution >= 4 is 27.3 Å². The number of benzene rings is 2. The van der Waals surface area contributed by atoms with Crippen molar-refractivity contribution in [3.63, 3.8) is 0 Å². The van der Waals surface area contributed by atoms with Crippen LogP contribution in [0.1, 0.15) is 35.7 Å². The number of aryl methyl sites for hydroxylation is 1. The SMILES string of the molecule is CCOc1ccc(S(=O)(=O)Nc2ccc(C(=O)N/N=C(\C)c3ccc(C)o3)cc2)cc1. The lowest BCUT2D eigenvalue weighted by Gasteiger charge is -2.10. The Labute approximate surface area is 181 Å². The molecule has 1 aromatic heterocycles. The number of ether oxygens (including phenoxy) is 1. The average Bonchev–Trinajstić information content (AvgIpc) is 3.19. The minimum absolute atomic E-state index is 0.107. The summed E-state index contributed by atoms with van der Waals surface area (Å²) in [5, 5.41) is 4.03. The van der Waals surface area contributed by atoms with E-state index < -0.39 is 15.9 Å². The van der Waals surface area contributed by atoms with Gasteiger partial charge in [-0.2, -0.15) is 5.10 Å². The number of hydrogen-bond acceptors (Lipinski definition) is 6. The number of rotatable bonds is 8. The van der Waals surface area contributed by atoms with E-state index in [1.165, 1.54) is 36.4 Å². The highest BCUT2D eigenvalue weighted by Gasteiger charge is 2.15.